The van der Waals surface area contributed by atoms with E-state index in [-0.39, 0.29) is 28.9 Å². The maximum atomic E-state index is 13.7. The molecule has 1 aliphatic heterocycles. The molecule has 1 aromatic rings. The molecular weight excluding hydrogens is 309 g/mol. The maximum Gasteiger partial charge on any atom is 0.317 e. The van der Waals surface area contributed by atoms with E-state index >= 15 is 0 Å². The maximum absolute atomic E-state index is 13.7. The van der Waals surface area contributed by atoms with Crippen molar-refractivity contribution in [3.05, 3.63) is 34.6 Å². The van der Waals surface area contributed by atoms with Crippen LogP contribution in [0.5, 0.6) is 0 Å². The van der Waals surface area contributed by atoms with E-state index in [2.05, 4.69) is 5.32 Å². The minimum Gasteiger partial charge on any atom is -0.339 e. The lowest BCUT2D eigenvalue weighted by atomic mass is 10.1. The van der Waals surface area contributed by atoms with E-state index in [4.69, 9.17) is 11.6 Å². The molecule has 3 amide bonds. The lowest BCUT2D eigenvalue weighted by Crippen LogP contribution is -2.53. The SMILES string of the molecule is CCNC(=O)N1CCN(C(=O)Cc2c(F)cccc2Cl)CC1. The van der Waals surface area contributed by atoms with Crippen LogP contribution in [0, 0.1) is 5.82 Å². The number of amides is 3. The summed E-state index contributed by atoms with van der Waals surface area (Å²) in [5.74, 6) is -0.649. The van der Waals surface area contributed by atoms with E-state index in [1.165, 1.54) is 12.1 Å². The summed E-state index contributed by atoms with van der Waals surface area (Å²) in [7, 11) is 0. The molecule has 1 heterocycles. The van der Waals surface area contributed by atoms with E-state index < -0.39 is 5.82 Å². The second-order valence-corrected chi connectivity index (χ2v) is 5.49. The van der Waals surface area contributed by atoms with E-state index in [9.17, 15) is 14.0 Å². The molecule has 1 aromatic carbocycles. The summed E-state index contributed by atoms with van der Waals surface area (Å²) in [6.45, 7) is 4.27. The van der Waals surface area contributed by atoms with Crippen LogP contribution in [0.1, 0.15) is 12.5 Å². The zero-order valence-corrected chi connectivity index (χ0v) is 13.2. The summed E-state index contributed by atoms with van der Waals surface area (Å²) in [4.78, 5) is 27.3. The smallest absolute Gasteiger partial charge is 0.317 e. The molecule has 0 bridgehead atoms. The number of hydrogen-bond acceptors (Lipinski definition) is 2. The summed E-state index contributed by atoms with van der Waals surface area (Å²) in [5, 5.41) is 2.99. The zero-order valence-electron chi connectivity index (χ0n) is 12.4. The van der Waals surface area contributed by atoms with Gasteiger partial charge in [-0.05, 0) is 19.1 Å². The van der Waals surface area contributed by atoms with Crippen LogP contribution < -0.4 is 5.32 Å². The normalized spacial score (nSPS) is 14.9. The molecule has 1 N–H and O–H groups in total. The van der Waals surface area contributed by atoms with Gasteiger partial charge in [0, 0.05) is 43.3 Å². The van der Waals surface area contributed by atoms with E-state index in [0.29, 0.717) is 32.7 Å². The van der Waals surface area contributed by atoms with Crippen LogP contribution in [0.25, 0.3) is 0 Å². The molecule has 0 saturated carbocycles. The molecule has 0 radical (unpaired) electrons. The van der Waals surface area contributed by atoms with Crippen LogP contribution in [0.2, 0.25) is 5.02 Å². The van der Waals surface area contributed by atoms with E-state index in [0.717, 1.165) is 0 Å². The highest BCUT2D eigenvalue weighted by Gasteiger charge is 2.24. The van der Waals surface area contributed by atoms with Crippen molar-refractivity contribution < 1.29 is 14.0 Å². The average Bonchev–Trinajstić information content (AvgIpc) is 2.51. The quantitative estimate of drug-likeness (QED) is 0.922. The molecule has 1 fully saturated rings. The molecule has 0 aromatic heterocycles. The van der Waals surface area contributed by atoms with Gasteiger partial charge in [-0.3, -0.25) is 4.79 Å². The van der Waals surface area contributed by atoms with Gasteiger partial charge >= 0.3 is 6.03 Å². The Balaban J connectivity index is 1.92. The van der Waals surface area contributed by atoms with Crippen LogP contribution in [-0.2, 0) is 11.2 Å². The number of nitrogens with zero attached hydrogens (tertiary/aromatic N) is 2. The first kappa shape index (κ1) is 16.5. The lowest BCUT2D eigenvalue weighted by molar-refractivity contribution is -0.131. The van der Waals surface area contributed by atoms with Crippen molar-refractivity contribution in [2.24, 2.45) is 0 Å². The van der Waals surface area contributed by atoms with Crippen molar-refractivity contribution in [1.82, 2.24) is 15.1 Å². The molecule has 22 heavy (non-hydrogen) atoms. The van der Waals surface area contributed by atoms with Gasteiger partial charge in [-0.1, -0.05) is 17.7 Å². The third-order valence-electron chi connectivity index (χ3n) is 3.64. The Kier molecular flexibility index (Phi) is 5.60. The third-order valence-corrected chi connectivity index (χ3v) is 3.99. The van der Waals surface area contributed by atoms with Crippen LogP contribution in [0.4, 0.5) is 9.18 Å². The Morgan fingerprint density at radius 1 is 1.23 bits per heavy atom. The molecular formula is C15H19ClFN3O2. The second kappa shape index (κ2) is 7.45. The van der Waals surface area contributed by atoms with Gasteiger partial charge in [0.05, 0.1) is 6.42 Å². The summed E-state index contributed by atoms with van der Waals surface area (Å²) in [6, 6.07) is 4.25. The molecule has 0 aliphatic carbocycles. The summed E-state index contributed by atoms with van der Waals surface area (Å²) < 4.78 is 13.7. The molecule has 120 valence electrons. The Labute approximate surface area is 134 Å². The second-order valence-electron chi connectivity index (χ2n) is 5.08. The Morgan fingerprint density at radius 3 is 2.45 bits per heavy atom. The first-order valence-electron chi connectivity index (χ1n) is 7.26. The standard InChI is InChI=1S/C15H19ClFN3O2/c1-2-18-15(22)20-8-6-19(7-9-20)14(21)10-11-12(16)4-3-5-13(11)17/h3-5H,2,6-10H2,1H3,(H,18,22). The summed E-state index contributed by atoms with van der Waals surface area (Å²) in [5.41, 5.74) is 0.223. The number of halogens is 2. The van der Waals surface area contributed by atoms with E-state index in [1.54, 1.807) is 15.9 Å². The number of carbonyl (C=O) groups excluding carboxylic acids is 2. The number of rotatable bonds is 3. The number of benzene rings is 1. The molecule has 0 unspecified atom stereocenters. The molecule has 2 rings (SSSR count). The van der Waals surface area contributed by atoms with Crippen LogP contribution in [0.3, 0.4) is 0 Å². The van der Waals surface area contributed by atoms with Gasteiger partial charge in [-0.25, -0.2) is 9.18 Å². The summed E-state index contributed by atoms with van der Waals surface area (Å²) in [6.07, 6.45) is -0.0628. The Morgan fingerprint density at radius 2 is 1.86 bits per heavy atom. The third kappa shape index (κ3) is 3.88. The Bertz CT molecular complexity index is 539. The van der Waals surface area contributed by atoms with Gasteiger partial charge in [0.1, 0.15) is 5.82 Å². The predicted octanol–water partition coefficient (Wildman–Crippen LogP) is 1.90. The number of carbonyl (C=O) groups is 2. The fourth-order valence-electron chi connectivity index (χ4n) is 2.39. The average molecular weight is 328 g/mol. The molecule has 0 spiro atoms. The number of hydrogen-bond donors (Lipinski definition) is 1. The molecule has 1 aliphatic rings. The first-order valence-corrected chi connectivity index (χ1v) is 7.64. The minimum absolute atomic E-state index is 0.0628. The number of urea groups is 1. The van der Waals surface area contributed by atoms with Gasteiger partial charge in [0.15, 0.2) is 0 Å². The zero-order chi connectivity index (χ0) is 16.1. The van der Waals surface area contributed by atoms with Crippen molar-refractivity contribution >= 4 is 23.5 Å². The van der Waals surface area contributed by atoms with Crippen molar-refractivity contribution in [2.75, 3.05) is 32.7 Å². The molecule has 0 atom stereocenters. The van der Waals surface area contributed by atoms with Crippen molar-refractivity contribution in [3.63, 3.8) is 0 Å². The minimum atomic E-state index is -0.471. The monoisotopic (exact) mass is 327 g/mol. The van der Waals surface area contributed by atoms with Gasteiger partial charge < -0.3 is 15.1 Å². The fraction of sp³-hybridized carbons (Fsp3) is 0.467. The van der Waals surface area contributed by atoms with Crippen molar-refractivity contribution in [3.8, 4) is 0 Å². The van der Waals surface area contributed by atoms with Crippen LogP contribution in [-0.4, -0.2) is 54.5 Å². The highest BCUT2D eigenvalue weighted by molar-refractivity contribution is 6.31. The number of piperazine rings is 1. The first-order chi connectivity index (χ1) is 10.5. The highest BCUT2D eigenvalue weighted by Crippen LogP contribution is 2.20. The van der Waals surface area contributed by atoms with Gasteiger partial charge in [-0.15, -0.1) is 0 Å². The summed E-state index contributed by atoms with van der Waals surface area (Å²) >= 11 is 5.94. The van der Waals surface area contributed by atoms with Crippen LogP contribution >= 0.6 is 11.6 Å². The van der Waals surface area contributed by atoms with Crippen molar-refractivity contribution in [1.29, 1.82) is 0 Å². The predicted molar refractivity (Wildman–Crippen MR) is 82.3 cm³/mol. The van der Waals surface area contributed by atoms with Crippen molar-refractivity contribution in [2.45, 2.75) is 13.3 Å². The largest absolute Gasteiger partial charge is 0.339 e. The molecule has 7 heteroatoms. The lowest BCUT2D eigenvalue weighted by Gasteiger charge is -2.34. The molecule has 1 saturated heterocycles. The van der Waals surface area contributed by atoms with Gasteiger partial charge in [0.25, 0.3) is 0 Å². The number of nitrogens with one attached hydrogen (secondary N) is 1. The Hall–Kier alpha value is -1.82. The highest BCUT2D eigenvalue weighted by atomic mass is 35.5. The molecule has 5 nitrogen and oxygen atoms in total. The van der Waals surface area contributed by atoms with Gasteiger partial charge in [0.2, 0.25) is 5.91 Å². The van der Waals surface area contributed by atoms with Crippen LogP contribution in [0.15, 0.2) is 18.2 Å². The van der Waals surface area contributed by atoms with E-state index in [1.807, 2.05) is 6.92 Å². The topological polar surface area (TPSA) is 52.7 Å². The fourth-order valence-corrected chi connectivity index (χ4v) is 2.62. The van der Waals surface area contributed by atoms with Gasteiger partial charge in [-0.2, -0.15) is 0 Å².